The van der Waals surface area contributed by atoms with Gasteiger partial charge in [-0.1, -0.05) is 36.8 Å². The van der Waals surface area contributed by atoms with Gasteiger partial charge in [0.15, 0.2) is 5.96 Å². The quantitative estimate of drug-likeness (QED) is 0.371. The lowest BCUT2D eigenvalue weighted by molar-refractivity contribution is 0.786. The van der Waals surface area contributed by atoms with Gasteiger partial charge in [0, 0.05) is 37.0 Å². The van der Waals surface area contributed by atoms with E-state index in [1.54, 1.807) is 11.3 Å². The summed E-state index contributed by atoms with van der Waals surface area (Å²) in [4.78, 5) is 9.23. The van der Waals surface area contributed by atoms with E-state index < -0.39 is 0 Å². The molecule has 0 aliphatic heterocycles. The van der Waals surface area contributed by atoms with Crippen LogP contribution in [0.2, 0.25) is 0 Å². The van der Waals surface area contributed by atoms with Crippen LogP contribution in [0, 0.1) is 6.92 Å². The molecule has 6 heteroatoms. The van der Waals surface area contributed by atoms with E-state index in [9.17, 15) is 0 Å². The number of guanidine groups is 1. The first kappa shape index (κ1) is 20.9. The van der Waals surface area contributed by atoms with E-state index in [1.165, 1.54) is 11.1 Å². The third-order valence-electron chi connectivity index (χ3n) is 3.36. The fourth-order valence-electron chi connectivity index (χ4n) is 2.12. The average molecular weight is 458 g/mol. The van der Waals surface area contributed by atoms with E-state index in [4.69, 9.17) is 4.98 Å². The summed E-state index contributed by atoms with van der Waals surface area (Å²) in [5, 5.41) is 9.86. The van der Waals surface area contributed by atoms with Gasteiger partial charge in [0.2, 0.25) is 0 Å². The number of aliphatic imine (C=N–C) groups is 1. The molecule has 2 aromatic rings. The standard InChI is InChI=1S/C18H26N4S.HI/c1-4-11-20-18(19-5-2)21-12-10-16-13-23-17(22-16)15-8-6-14(3)7-9-15;/h6-9,13H,4-5,10-12H2,1-3H3,(H2,19,20,21);1H. The van der Waals surface area contributed by atoms with Gasteiger partial charge in [-0.2, -0.15) is 0 Å². The first-order valence-electron chi connectivity index (χ1n) is 8.26. The minimum absolute atomic E-state index is 0. The van der Waals surface area contributed by atoms with Crippen molar-refractivity contribution in [2.24, 2.45) is 4.99 Å². The van der Waals surface area contributed by atoms with Gasteiger partial charge in [-0.3, -0.25) is 4.99 Å². The van der Waals surface area contributed by atoms with Crippen LogP contribution in [0.5, 0.6) is 0 Å². The molecule has 4 nitrogen and oxygen atoms in total. The lowest BCUT2D eigenvalue weighted by Gasteiger charge is -2.10. The van der Waals surface area contributed by atoms with Gasteiger partial charge in [-0.25, -0.2) is 4.98 Å². The normalized spacial score (nSPS) is 11.0. The molecule has 0 spiro atoms. The maximum absolute atomic E-state index is 4.73. The number of hydrogen-bond donors (Lipinski definition) is 2. The Morgan fingerprint density at radius 2 is 1.92 bits per heavy atom. The van der Waals surface area contributed by atoms with Crippen LogP contribution in [-0.2, 0) is 6.42 Å². The van der Waals surface area contributed by atoms with Crippen molar-refractivity contribution >= 4 is 41.3 Å². The van der Waals surface area contributed by atoms with Crippen molar-refractivity contribution in [3.63, 3.8) is 0 Å². The molecule has 0 radical (unpaired) electrons. The van der Waals surface area contributed by atoms with Crippen molar-refractivity contribution in [3.8, 4) is 10.6 Å². The predicted molar refractivity (Wildman–Crippen MR) is 116 cm³/mol. The van der Waals surface area contributed by atoms with Crippen LogP contribution in [0.25, 0.3) is 10.6 Å². The number of benzene rings is 1. The molecule has 1 aromatic heterocycles. The van der Waals surface area contributed by atoms with Gasteiger partial charge in [-0.15, -0.1) is 35.3 Å². The molecule has 0 aliphatic carbocycles. The summed E-state index contributed by atoms with van der Waals surface area (Å²) >= 11 is 1.71. The van der Waals surface area contributed by atoms with E-state index in [0.29, 0.717) is 0 Å². The predicted octanol–water partition coefficient (Wildman–Crippen LogP) is 4.24. The molecule has 1 aromatic carbocycles. The lowest BCUT2D eigenvalue weighted by atomic mass is 10.2. The lowest BCUT2D eigenvalue weighted by Crippen LogP contribution is -2.38. The summed E-state index contributed by atoms with van der Waals surface area (Å²) in [5.41, 5.74) is 3.60. The van der Waals surface area contributed by atoms with E-state index in [-0.39, 0.29) is 24.0 Å². The minimum atomic E-state index is 0. The van der Waals surface area contributed by atoms with Gasteiger partial charge < -0.3 is 10.6 Å². The number of nitrogens with zero attached hydrogens (tertiary/aromatic N) is 2. The highest BCUT2D eigenvalue weighted by molar-refractivity contribution is 14.0. The maximum Gasteiger partial charge on any atom is 0.191 e. The second-order valence-electron chi connectivity index (χ2n) is 5.45. The first-order valence-corrected chi connectivity index (χ1v) is 9.14. The van der Waals surface area contributed by atoms with E-state index in [0.717, 1.165) is 49.1 Å². The summed E-state index contributed by atoms with van der Waals surface area (Å²) in [6.45, 7) is 8.89. The number of nitrogens with one attached hydrogen (secondary N) is 2. The van der Waals surface area contributed by atoms with Gasteiger partial charge in [0.25, 0.3) is 0 Å². The van der Waals surface area contributed by atoms with Crippen LogP contribution in [-0.4, -0.2) is 30.6 Å². The number of aryl methyl sites for hydroxylation is 1. The third-order valence-corrected chi connectivity index (χ3v) is 4.30. The summed E-state index contributed by atoms with van der Waals surface area (Å²) in [6, 6.07) is 8.53. The van der Waals surface area contributed by atoms with Crippen molar-refractivity contribution < 1.29 is 0 Å². The Kier molecular flexibility index (Phi) is 9.94. The first-order chi connectivity index (χ1) is 11.2. The number of rotatable bonds is 7. The zero-order valence-corrected chi connectivity index (χ0v) is 17.8. The fourth-order valence-corrected chi connectivity index (χ4v) is 2.99. The van der Waals surface area contributed by atoms with Crippen molar-refractivity contribution in [2.75, 3.05) is 19.6 Å². The number of thiazole rings is 1. The van der Waals surface area contributed by atoms with Crippen LogP contribution in [0.4, 0.5) is 0 Å². The molecular formula is C18H27IN4S. The molecule has 2 rings (SSSR count). The molecule has 0 aliphatic rings. The Labute approximate surface area is 166 Å². The third kappa shape index (κ3) is 6.76. The van der Waals surface area contributed by atoms with Crippen molar-refractivity contribution in [2.45, 2.75) is 33.6 Å². The van der Waals surface area contributed by atoms with Crippen LogP contribution in [0.15, 0.2) is 34.6 Å². The average Bonchev–Trinajstić information content (AvgIpc) is 3.02. The summed E-state index contributed by atoms with van der Waals surface area (Å²) in [5.74, 6) is 0.892. The molecule has 2 N–H and O–H groups in total. The molecule has 0 fully saturated rings. The van der Waals surface area contributed by atoms with E-state index >= 15 is 0 Å². The van der Waals surface area contributed by atoms with Gasteiger partial charge in [0.1, 0.15) is 5.01 Å². The largest absolute Gasteiger partial charge is 0.357 e. The molecule has 0 unspecified atom stereocenters. The Bertz CT molecular complexity index is 622. The Morgan fingerprint density at radius 1 is 1.17 bits per heavy atom. The highest BCUT2D eigenvalue weighted by atomic mass is 127. The number of halogens is 1. The van der Waals surface area contributed by atoms with Crippen molar-refractivity contribution in [1.29, 1.82) is 0 Å². The number of hydrogen-bond acceptors (Lipinski definition) is 3. The van der Waals surface area contributed by atoms with E-state index in [2.05, 4.69) is 66.0 Å². The molecule has 0 atom stereocenters. The topological polar surface area (TPSA) is 49.3 Å². The highest BCUT2D eigenvalue weighted by Crippen LogP contribution is 2.24. The molecular weight excluding hydrogens is 431 g/mol. The second-order valence-corrected chi connectivity index (χ2v) is 6.31. The Hall–Kier alpha value is -1.15. The van der Waals surface area contributed by atoms with Gasteiger partial charge in [-0.05, 0) is 20.3 Å². The second kappa shape index (κ2) is 11.4. The zero-order chi connectivity index (χ0) is 16.5. The van der Waals surface area contributed by atoms with Crippen LogP contribution in [0.1, 0.15) is 31.5 Å². The molecule has 1 heterocycles. The molecule has 24 heavy (non-hydrogen) atoms. The van der Waals surface area contributed by atoms with Crippen molar-refractivity contribution in [1.82, 2.24) is 15.6 Å². The number of aromatic nitrogens is 1. The Balaban J connectivity index is 0.00000288. The highest BCUT2D eigenvalue weighted by Gasteiger charge is 2.05. The Morgan fingerprint density at radius 3 is 2.58 bits per heavy atom. The molecule has 132 valence electrons. The molecule has 0 saturated heterocycles. The van der Waals surface area contributed by atoms with Crippen LogP contribution >= 0.6 is 35.3 Å². The SMILES string of the molecule is CCCN=C(NCC)NCCc1csc(-c2ccc(C)cc2)n1.I. The molecule has 0 bridgehead atoms. The van der Waals surface area contributed by atoms with Crippen LogP contribution in [0.3, 0.4) is 0 Å². The zero-order valence-electron chi connectivity index (χ0n) is 14.6. The summed E-state index contributed by atoms with van der Waals surface area (Å²) in [7, 11) is 0. The fraction of sp³-hybridized carbons (Fsp3) is 0.444. The van der Waals surface area contributed by atoms with Gasteiger partial charge >= 0.3 is 0 Å². The van der Waals surface area contributed by atoms with Crippen molar-refractivity contribution in [3.05, 3.63) is 40.9 Å². The maximum atomic E-state index is 4.73. The van der Waals surface area contributed by atoms with Crippen LogP contribution < -0.4 is 10.6 Å². The monoisotopic (exact) mass is 458 g/mol. The molecule has 0 saturated carbocycles. The smallest absolute Gasteiger partial charge is 0.191 e. The minimum Gasteiger partial charge on any atom is -0.357 e. The summed E-state index contributed by atoms with van der Waals surface area (Å²) < 4.78 is 0. The van der Waals surface area contributed by atoms with Gasteiger partial charge in [0.05, 0.1) is 5.69 Å². The molecule has 0 amide bonds. The van der Waals surface area contributed by atoms with E-state index in [1.807, 2.05) is 0 Å². The summed E-state index contributed by atoms with van der Waals surface area (Å²) in [6.07, 6.45) is 1.96.